The number of hydrogen-bond acceptors (Lipinski definition) is 5. The highest BCUT2D eigenvalue weighted by atomic mass is 16.5. The Morgan fingerprint density at radius 2 is 2.07 bits per heavy atom. The minimum Gasteiger partial charge on any atom is -0.372 e. The van der Waals surface area contributed by atoms with Crippen molar-refractivity contribution < 1.29 is 14.3 Å². The van der Waals surface area contributed by atoms with Gasteiger partial charge in [0.2, 0.25) is 5.91 Å². The number of ether oxygens (including phenoxy) is 1. The van der Waals surface area contributed by atoms with E-state index in [9.17, 15) is 9.59 Å². The number of hydrogen-bond donors (Lipinski definition) is 1. The minimum atomic E-state index is -0.830. The quantitative estimate of drug-likeness (QED) is 0.870. The number of anilines is 1. The van der Waals surface area contributed by atoms with Gasteiger partial charge < -0.3 is 19.9 Å². The maximum atomic E-state index is 13.2. The van der Waals surface area contributed by atoms with Crippen LogP contribution in [-0.2, 0) is 9.53 Å². The first-order valence-electron chi connectivity index (χ1n) is 9.82. The maximum absolute atomic E-state index is 13.2. The monoisotopic (exact) mass is 374 g/mol. The number of piperazine rings is 1. The summed E-state index contributed by atoms with van der Waals surface area (Å²) in [6, 6.07) is 3.77. The third-order valence-electron chi connectivity index (χ3n) is 5.44. The average molecular weight is 374 g/mol. The summed E-state index contributed by atoms with van der Waals surface area (Å²) in [5.41, 5.74) is 0.523. The van der Waals surface area contributed by atoms with E-state index in [-0.39, 0.29) is 24.0 Å². The Bertz CT molecular complexity index is 700. The molecule has 2 aliphatic rings. The Morgan fingerprint density at radius 3 is 2.74 bits per heavy atom. The van der Waals surface area contributed by atoms with Crippen molar-refractivity contribution in [2.45, 2.75) is 58.3 Å². The lowest BCUT2D eigenvalue weighted by atomic mass is 9.90. The molecule has 0 bridgehead atoms. The molecule has 3 atom stereocenters. The number of amides is 2. The van der Waals surface area contributed by atoms with E-state index < -0.39 is 5.54 Å². The van der Waals surface area contributed by atoms with E-state index in [2.05, 4.69) is 29.0 Å². The molecule has 3 heterocycles. The van der Waals surface area contributed by atoms with Gasteiger partial charge >= 0.3 is 0 Å². The molecule has 2 amide bonds. The SMILES string of the molecule is CCC[C@@]1(C)C(=O)NCCN1C(=O)c1cc(N2C[C@@H](C)O[C@@H](C)C2)ccn1. The highest BCUT2D eigenvalue weighted by Crippen LogP contribution is 2.27. The Hall–Kier alpha value is -2.15. The minimum absolute atomic E-state index is 0.0871. The van der Waals surface area contributed by atoms with Crippen LogP contribution in [0, 0.1) is 0 Å². The number of carbonyl (C=O) groups excluding carboxylic acids is 2. The number of nitrogens with zero attached hydrogens (tertiary/aromatic N) is 3. The van der Waals surface area contributed by atoms with Crippen LogP contribution in [0.4, 0.5) is 5.69 Å². The molecule has 0 saturated carbocycles. The summed E-state index contributed by atoms with van der Waals surface area (Å²) in [5, 5.41) is 2.89. The molecule has 1 aromatic rings. The van der Waals surface area contributed by atoms with Gasteiger partial charge in [0.05, 0.1) is 12.2 Å². The van der Waals surface area contributed by atoms with Gasteiger partial charge in [-0.2, -0.15) is 0 Å². The van der Waals surface area contributed by atoms with Crippen molar-refractivity contribution in [1.29, 1.82) is 0 Å². The van der Waals surface area contributed by atoms with Gasteiger partial charge in [0.25, 0.3) is 5.91 Å². The van der Waals surface area contributed by atoms with Crippen LogP contribution in [-0.4, -0.2) is 65.6 Å². The molecule has 3 rings (SSSR count). The smallest absolute Gasteiger partial charge is 0.273 e. The predicted molar refractivity (Wildman–Crippen MR) is 104 cm³/mol. The molecule has 0 aromatic carbocycles. The van der Waals surface area contributed by atoms with Gasteiger partial charge in [0.15, 0.2) is 0 Å². The van der Waals surface area contributed by atoms with E-state index >= 15 is 0 Å². The van der Waals surface area contributed by atoms with Gasteiger partial charge in [-0.3, -0.25) is 14.6 Å². The lowest BCUT2D eigenvalue weighted by Crippen LogP contribution is -2.64. The number of aromatic nitrogens is 1. The van der Waals surface area contributed by atoms with Gasteiger partial charge in [-0.1, -0.05) is 13.3 Å². The second-order valence-electron chi connectivity index (χ2n) is 7.80. The Kier molecular flexibility index (Phi) is 5.69. The molecule has 2 aliphatic heterocycles. The zero-order valence-electron chi connectivity index (χ0n) is 16.7. The summed E-state index contributed by atoms with van der Waals surface area (Å²) < 4.78 is 5.80. The van der Waals surface area contributed by atoms with Crippen molar-refractivity contribution in [1.82, 2.24) is 15.2 Å². The van der Waals surface area contributed by atoms with Crippen LogP contribution in [0.1, 0.15) is 51.0 Å². The highest BCUT2D eigenvalue weighted by Gasteiger charge is 2.44. The van der Waals surface area contributed by atoms with Crippen molar-refractivity contribution >= 4 is 17.5 Å². The topological polar surface area (TPSA) is 74.8 Å². The van der Waals surface area contributed by atoms with Crippen molar-refractivity contribution in [2.75, 3.05) is 31.1 Å². The second kappa shape index (κ2) is 7.84. The van der Waals surface area contributed by atoms with E-state index in [1.54, 1.807) is 11.1 Å². The van der Waals surface area contributed by atoms with Crippen LogP contribution in [0.2, 0.25) is 0 Å². The Labute approximate surface area is 161 Å². The molecular weight excluding hydrogens is 344 g/mol. The van der Waals surface area contributed by atoms with Gasteiger partial charge in [-0.25, -0.2) is 0 Å². The highest BCUT2D eigenvalue weighted by molar-refractivity contribution is 5.99. The first-order chi connectivity index (χ1) is 12.8. The molecule has 7 nitrogen and oxygen atoms in total. The fourth-order valence-corrected chi connectivity index (χ4v) is 4.16. The number of rotatable bonds is 4. The zero-order chi connectivity index (χ0) is 19.6. The fourth-order valence-electron chi connectivity index (χ4n) is 4.16. The zero-order valence-corrected chi connectivity index (χ0v) is 16.7. The summed E-state index contributed by atoms with van der Waals surface area (Å²) in [4.78, 5) is 34.0. The maximum Gasteiger partial charge on any atom is 0.273 e. The van der Waals surface area contributed by atoms with E-state index in [1.807, 2.05) is 26.0 Å². The standard InChI is InChI=1S/C20H30N4O3/c1-5-7-20(4)19(26)22-9-10-24(20)18(25)17-11-16(6-8-21-17)23-12-14(2)27-15(3)13-23/h6,8,11,14-15H,5,7,9-10,12-13H2,1-4H3,(H,22,26)/t14-,15+,20-/m0/s1. The number of morpholine rings is 1. The third kappa shape index (κ3) is 3.93. The number of nitrogens with one attached hydrogen (secondary N) is 1. The lowest BCUT2D eigenvalue weighted by Gasteiger charge is -2.43. The summed E-state index contributed by atoms with van der Waals surface area (Å²) in [7, 11) is 0. The molecule has 0 radical (unpaired) electrons. The first-order valence-corrected chi connectivity index (χ1v) is 9.82. The molecule has 1 N–H and O–H groups in total. The van der Waals surface area contributed by atoms with Gasteiger partial charge in [0.1, 0.15) is 11.2 Å². The first kappa shape index (κ1) is 19.6. The Morgan fingerprint density at radius 1 is 1.37 bits per heavy atom. The van der Waals surface area contributed by atoms with Crippen molar-refractivity contribution in [2.24, 2.45) is 0 Å². The molecule has 0 aliphatic carbocycles. The predicted octanol–water partition coefficient (Wildman–Crippen LogP) is 1.83. The molecule has 0 spiro atoms. The summed E-state index contributed by atoms with van der Waals surface area (Å²) in [5.74, 6) is -0.270. The normalized spacial score (nSPS) is 28.8. The Balaban J connectivity index is 1.85. The van der Waals surface area contributed by atoms with Crippen LogP contribution < -0.4 is 10.2 Å². The molecule has 7 heteroatoms. The van der Waals surface area contributed by atoms with Crippen LogP contribution >= 0.6 is 0 Å². The largest absolute Gasteiger partial charge is 0.372 e. The van der Waals surface area contributed by atoms with E-state index in [0.29, 0.717) is 25.2 Å². The van der Waals surface area contributed by atoms with E-state index in [4.69, 9.17) is 4.74 Å². The van der Waals surface area contributed by atoms with Gasteiger partial charge in [-0.05, 0) is 39.3 Å². The average Bonchev–Trinajstić information content (AvgIpc) is 2.63. The molecule has 1 aromatic heterocycles. The van der Waals surface area contributed by atoms with Crippen molar-refractivity contribution in [3.8, 4) is 0 Å². The van der Waals surface area contributed by atoms with Crippen LogP contribution in [0.15, 0.2) is 18.3 Å². The molecule has 0 unspecified atom stereocenters. The summed E-state index contributed by atoms with van der Waals surface area (Å²) in [6.45, 7) is 10.5. The molecule has 2 saturated heterocycles. The number of carbonyl (C=O) groups is 2. The van der Waals surface area contributed by atoms with Crippen LogP contribution in [0.3, 0.4) is 0 Å². The van der Waals surface area contributed by atoms with Crippen LogP contribution in [0.25, 0.3) is 0 Å². The lowest BCUT2D eigenvalue weighted by molar-refractivity contribution is -0.134. The molecular formula is C20H30N4O3. The van der Waals surface area contributed by atoms with Gasteiger partial charge in [-0.15, -0.1) is 0 Å². The summed E-state index contributed by atoms with van der Waals surface area (Å²) in [6.07, 6.45) is 3.40. The fraction of sp³-hybridized carbons (Fsp3) is 0.650. The van der Waals surface area contributed by atoms with Crippen molar-refractivity contribution in [3.63, 3.8) is 0 Å². The van der Waals surface area contributed by atoms with E-state index in [1.165, 1.54) is 0 Å². The van der Waals surface area contributed by atoms with E-state index in [0.717, 1.165) is 25.2 Å². The molecule has 148 valence electrons. The summed E-state index contributed by atoms with van der Waals surface area (Å²) >= 11 is 0. The third-order valence-corrected chi connectivity index (χ3v) is 5.44. The van der Waals surface area contributed by atoms with Crippen molar-refractivity contribution in [3.05, 3.63) is 24.0 Å². The van der Waals surface area contributed by atoms with Crippen LogP contribution in [0.5, 0.6) is 0 Å². The second-order valence-corrected chi connectivity index (χ2v) is 7.80. The van der Waals surface area contributed by atoms with Gasteiger partial charge in [0, 0.05) is 38.1 Å². The molecule has 27 heavy (non-hydrogen) atoms. The molecule has 2 fully saturated rings. The number of pyridine rings is 1.